The van der Waals surface area contributed by atoms with Crippen LogP contribution < -0.4 is 21.1 Å². The number of halogens is 1. The molecule has 42 heavy (non-hydrogen) atoms. The number of nitrogens with one attached hydrogen (secondary N) is 2. The fourth-order valence-corrected chi connectivity index (χ4v) is 5.59. The van der Waals surface area contributed by atoms with Gasteiger partial charge in [-0.15, -0.1) is 12.4 Å². The molecule has 1 aromatic heterocycles. The number of aromatic nitrogens is 2. The summed E-state index contributed by atoms with van der Waals surface area (Å²) < 4.78 is 44.8. The van der Waals surface area contributed by atoms with Gasteiger partial charge < -0.3 is 35.7 Å². The SMILES string of the molecule is CNCc1cccc2c1OCCOCCOCCN(CCO)S(=O)(=O)c1ccc(cc1)-c1cnc(N)c(n1)C(=O)N2.Cl. The number of nitrogens with two attached hydrogens (primary N) is 1. The van der Waals surface area contributed by atoms with Crippen molar-refractivity contribution in [3.63, 3.8) is 0 Å². The minimum Gasteiger partial charge on any atom is -0.489 e. The molecule has 5 rings (SSSR count). The van der Waals surface area contributed by atoms with Crippen molar-refractivity contribution in [2.45, 2.75) is 11.4 Å². The van der Waals surface area contributed by atoms with E-state index < -0.39 is 15.9 Å². The predicted molar refractivity (Wildman–Crippen MR) is 159 cm³/mol. The third-order valence-electron chi connectivity index (χ3n) is 6.20. The Labute approximate surface area is 250 Å². The van der Waals surface area contributed by atoms with E-state index in [9.17, 15) is 18.3 Å². The Morgan fingerprint density at radius 3 is 2.50 bits per heavy atom. The van der Waals surface area contributed by atoms with Crippen LogP contribution in [0.25, 0.3) is 11.3 Å². The molecule has 228 valence electrons. The fraction of sp³-hybridized carbons (Fsp3) is 0.370. The molecule has 0 saturated heterocycles. The fourth-order valence-electron chi connectivity index (χ4n) is 4.17. The summed E-state index contributed by atoms with van der Waals surface area (Å²) in [7, 11) is -2.10. The number of sulfonamides is 1. The molecule has 0 unspecified atom stereocenters. The van der Waals surface area contributed by atoms with Gasteiger partial charge in [0.2, 0.25) is 10.0 Å². The number of anilines is 2. The van der Waals surface area contributed by atoms with Crippen LogP contribution in [-0.4, -0.2) is 93.5 Å². The second-order valence-corrected chi connectivity index (χ2v) is 10.9. The molecule has 4 bridgehead atoms. The quantitative estimate of drug-likeness (QED) is 0.310. The second-order valence-electron chi connectivity index (χ2n) is 8.99. The third kappa shape index (κ3) is 8.13. The van der Waals surface area contributed by atoms with Gasteiger partial charge in [-0.25, -0.2) is 18.4 Å². The molecule has 0 saturated carbocycles. The van der Waals surface area contributed by atoms with Gasteiger partial charge in [-0.3, -0.25) is 4.79 Å². The van der Waals surface area contributed by atoms with Crippen molar-refractivity contribution in [1.82, 2.24) is 19.6 Å². The summed E-state index contributed by atoms with van der Waals surface area (Å²) in [6.45, 7) is 1.25. The second kappa shape index (κ2) is 15.7. The average molecular weight is 623 g/mol. The lowest BCUT2D eigenvalue weighted by Gasteiger charge is -2.21. The van der Waals surface area contributed by atoms with E-state index in [0.29, 0.717) is 29.2 Å². The number of nitrogens with zero attached hydrogens (tertiary/aromatic N) is 3. The number of aliphatic hydroxyl groups excluding tert-OH is 1. The van der Waals surface area contributed by atoms with Crippen LogP contribution in [0.1, 0.15) is 16.1 Å². The average Bonchev–Trinajstić information content (AvgIpc) is 2.96. The molecule has 2 aliphatic heterocycles. The lowest BCUT2D eigenvalue weighted by Crippen LogP contribution is -2.36. The number of carbonyl (C=O) groups excluding carboxylic acids is 1. The zero-order valence-electron chi connectivity index (χ0n) is 23.1. The summed E-state index contributed by atoms with van der Waals surface area (Å²) in [6, 6.07) is 11.4. The number of rotatable bonds is 4. The molecule has 13 nitrogen and oxygen atoms in total. The van der Waals surface area contributed by atoms with Gasteiger partial charge in [0.05, 0.1) is 55.5 Å². The van der Waals surface area contributed by atoms with Gasteiger partial charge in [-0.1, -0.05) is 24.3 Å². The largest absolute Gasteiger partial charge is 0.489 e. The summed E-state index contributed by atoms with van der Waals surface area (Å²) >= 11 is 0. The van der Waals surface area contributed by atoms with Gasteiger partial charge in [-0.05, 0) is 25.2 Å². The van der Waals surface area contributed by atoms with Crippen LogP contribution in [0.5, 0.6) is 5.75 Å². The molecule has 0 spiro atoms. The Morgan fingerprint density at radius 1 is 1.07 bits per heavy atom. The highest BCUT2D eigenvalue weighted by Gasteiger charge is 2.24. The van der Waals surface area contributed by atoms with Gasteiger partial charge >= 0.3 is 0 Å². The van der Waals surface area contributed by atoms with Crippen molar-refractivity contribution in [2.75, 3.05) is 70.8 Å². The number of para-hydroxylation sites is 1. The van der Waals surface area contributed by atoms with Crippen molar-refractivity contribution >= 4 is 39.8 Å². The number of hydrogen-bond donors (Lipinski definition) is 4. The number of aliphatic hydroxyl groups is 1. The van der Waals surface area contributed by atoms with E-state index in [1.54, 1.807) is 24.3 Å². The van der Waals surface area contributed by atoms with Crippen LogP contribution >= 0.6 is 12.4 Å². The maximum absolute atomic E-state index is 13.3. The molecule has 0 atom stereocenters. The summed E-state index contributed by atoms with van der Waals surface area (Å²) in [5, 5.41) is 15.4. The standard InChI is InChI=1S/C27H34N6O7S.ClH/c1-29-17-20-3-2-4-22-25(20)40-16-15-39-14-13-38-12-10-33(9-11-34)41(36,37)21-7-5-19(6-8-21)23-18-30-26(28)24(31-23)27(35)32-22;/h2-8,18,29,34H,9-17H2,1H3,(H2,28,30)(H,32,35);1H. The molecule has 0 aliphatic carbocycles. The molecule has 1 amide bonds. The first kappa shape index (κ1) is 33.1. The molecule has 3 aromatic rings. The van der Waals surface area contributed by atoms with E-state index in [0.717, 1.165) is 9.87 Å². The number of amides is 1. The summed E-state index contributed by atoms with van der Waals surface area (Å²) in [5.74, 6) is -0.164. The molecular formula is C27H35ClN6O7S. The van der Waals surface area contributed by atoms with Gasteiger partial charge in [0.15, 0.2) is 11.5 Å². The van der Waals surface area contributed by atoms with E-state index in [-0.39, 0.29) is 81.5 Å². The number of fused-ring (bicyclic) bond motifs is 13. The van der Waals surface area contributed by atoms with E-state index >= 15 is 0 Å². The monoisotopic (exact) mass is 622 g/mol. The maximum atomic E-state index is 13.3. The third-order valence-corrected chi connectivity index (χ3v) is 8.11. The van der Waals surface area contributed by atoms with Crippen molar-refractivity contribution in [3.05, 3.63) is 59.9 Å². The van der Waals surface area contributed by atoms with Crippen molar-refractivity contribution in [2.24, 2.45) is 0 Å². The number of ether oxygens (including phenoxy) is 3. The van der Waals surface area contributed by atoms with Crippen LogP contribution in [-0.2, 0) is 26.0 Å². The first-order valence-electron chi connectivity index (χ1n) is 13.0. The first-order chi connectivity index (χ1) is 19.8. The molecule has 5 N–H and O–H groups in total. The summed E-state index contributed by atoms with van der Waals surface area (Å²) in [5.41, 5.74) is 8.05. The highest BCUT2D eigenvalue weighted by molar-refractivity contribution is 7.89. The zero-order chi connectivity index (χ0) is 29.2. The number of nitrogen functional groups attached to an aromatic ring is 1. The Kier molecular flexibility index (Phi) is 12.4. The van der Waals surface area contributed by atoms with E-state index in [1.807, 2.05) is 13.1 Å². The van der Waals surface area contributed by atoms with E-state index in [1.165, 1.54) is 18.3 Å². The van der Waals surface area contributed by atoms with E-state index in [2.05, 4.69) is 20.6 Å². The Bertz CT molecular complexity index is 1440. The number of hydrogen-bond acceptors (Lipinski definition) is 11. The van der Waals surface area contributed by atoms with Gasteiger partial charge in [-0.2, -0.15) is 4.31 Å². The molecule has 2 aromatic carbocycles. The van der Waals surface area contributed by atoms with Crippen LogP contribution in [0.15, 0.2) is 53.6 Å². The lowest BCUT2D eigenvalue weighted by molar-refractivity contribution is 0.0333. The van der Waals surface area contributed by atoms with Crippen molar-refractivity contribution in [3.8, 4) is 17.0 Å². The van der Waals surface area contributed by atoms with Crippen LogP contribution in [0.3, 0.4) is 0 Å². The van der Waals surface area contributed by atoms with Crippen LogP contribution in [0.4, 0.5) is 11.5 Å². The minimum absolute atomic E-state index is 0. The normalized spacial score (nSPS) is 16.6. The van der Waals surface area contributed by atoms with Gasteiger partial charge in [0.1, 0.15) is 12.4 Å². The topological polar surface area (TPSA) is 178 Å². The molecule has 3 heterocycles. The number of benzene rings is 2. The molecule has 0 radical (unpaired) electrons. The molecular weight excluding hydrogens is 588 g/mol. The first-order valence-corrected chi connectivity index (χ1v) is 14.5. The lowest BCUT2D eigenvalue weighted by atomic mass is 10.1. The Hall–Kier alpha value is -3.37. The van der Waals surface area contributed by atoms with Gasteiger partial charge in [0, 0.05) is 30.8 Å². The molecule has 15 heteroatoms. The Morgan fingerprint density at radius 2 is 1.79 bits per heavy atom. The van der Waals surface area contributed by atoms with Crippen LogP contribution in [0.2, 0.25) is 0 Å². The minimum atomic E-state index is -3.91. The highest BCUT2D eigenvalue weighted by atomic mass is 35.5. The summed E-state index contributed by atoms with van der Waals surface area (Å²) in [4.78, 5) is 21.9. The number of carbonyl (C=O) groups is 1. The Balaban J connectivity index is 0.00000484. The van der Waals surface area contributed by atoms with Crippen molar-refractivity contribution < 1.29 is 32.5 Å². The maximum Gasteiger partial charge on any atom is 0.278 e. The van der Waals surface area contributed by atoms with E-state index in [4.69, 9.17) is 19.9 Å². The smallest absolute Gasteiger partial charge is 0.278 e. The highest BCUT2D eigenvalue weighted by Crippen LogP contribution is 2.30. The molecule has 0 fully saturated rings. The predicted octanol–water partition coefficient (Wildman–Crippen LogP) is 1.53. The van der Waals surface area contributed by atoms with Crippen LogP contribution in [0, 0.1) is 0 Å². The molecule has 2 aliphatic rings. The zero-order valence-corrected chi connectivity index (χ0v) is 24.7. The van der Waals surface area contributed by atoms with Crippen molar-refractivity contribution in [1.29, 1.82) is 0 Å². The summed E-state index contributed by atoms with van der Waals surface area (Å²) in [6.07, 6.45) is 1.41. The van der Waals surface area contributed by atoms with Gasteiger partial charge in [0.25, 0.3) is 5.91 Å².